The minimum atomic E-state index is -3.67. The number of aromatic nitrogens is 3. The zero-order valence-corrected chi connectivity index (χ0v) is 16.9. The highest BCUT2D eigenvalue weighted by Crippen LogP contribution is 2.31. The smallest absolute Gasteiger partial charge is 0.262 e. The molecular formula is C20H21N5O2S. The van der Waals surface area contributed by atoms with Crippen LogP contribution in [0.4, 0.5) is 0 Å². The third-order valence-electron chi connectivity index (χ3n) is 5.19. The van der Waals surface area contributed by atoms with Gasteiger partial charge in [-0.3, -0.25) is 4.40 Å². The lowest BCUT2D eigenvalue weighted by molar-refractivity contribution is 0.475. The van der Waals surface area contributed by atoms with Crippen LogP contribution in [-0.4, -0.2) is 40.2 Å². The third kappa shape index (κ3) is 2.87. The van der Waals surface area contributed by atoms with Crippen LogP contribution in [0.2, 0.25) is 0 Å². The van der Waals surface area contributed by atoms with Crippen LogP contribution in [0.1, 0.15) is 35.2 Å². The molecule has 7 nitrogen and oxygen atoms in total. The van der Waals surface area contributed by atoms with E-state index in [9.17, 15) is 13.7 Å². The van der Waals surface area contributed by atoms with Gasteiger partial charge < -0.3 is 0 Å². The second-order valence-corrected chi connectivity index (χ2v) is 9.10. The average Bonchev–Trinajstić information content (AvgIpc) is 3.31. The summed E-state index contributed by atoms with van der Waals surface area (Å²) in [7, 11) is -3.67. The molecule has 1 aliphatic heterocycles. The van der Waals surface area contributed by atoms with E-state index in [4.69, 9.17) is 0 Å². The van der Waals surface area contributed by atoms with Gasteiger partial charge in [0.05, 0.1) is 23.1 Å². The van der Waals surface area contributed by atoms with Gasteiger partial charge in [0, 0.05) is 18.7 Å². The van der Waals surface area contributed by atoms with Crippen molar-refractivity contribution in [3.8, 4) is 17.3 Å². The predicted octanol–water partition coefficient (Wildman–Crippen LogP) is 2.98. The summed E-state index contributed by atoms with van der Waals surface area (Å²) in [5.41, 5.74) is 4.55. The molecule has 0 bridgehead atoms. The monoisotopic (exact) mass is 395 g/mol. The summed E-state index contributed by atoms with van der Waals surface area (Å²) >= 11 is 0. The molecule has 0 saturated carbocycles. The number of hydrogen-bond acceptors (Lipinski definition) is 5. The standard InChI is InChI=1S/C20H21N5O2S/c1-13-6-7-16(14(2)10-13)19-17(11-21)15(3)22-20-23-18(12-25(19)20)28(26,27)24-8-4-5-9-24/h6-7,10,12H,4-5,8-9H2,1-3H3. The molecule has 1 aliphatic rings. The van der Waals surface area contributed by atoms with Crippen LogP contribution < -0.4 is 0 Å². The van der Waals surface area contributed by atoms with Gasteiger partial charge in [-0.05, 0) is 39.2 Å². The Morgan fingerprint density at radius 1 is 1.11 bits per heavy atom. The normalized spacial score (nSPS) is 15.2. The van der Waals surface area contributed by atoms with Gasteiger partial charge in [-0.15, -0.1) is 0 Å². The van der Waals surface area contributed by atoms with E-state index in [1.807, 2.05) is 32.0 Å². The first-order valence-electron chi connectivity index (χ1n) is 9.20. The van der Waals surface area contributed by atoms with Crippen LogP contribution in [0.25, 0.3) is 17.0 Å². The van der Waals surface area contributed by atoms with E-state index < -0.39 is 10.0 Å². The number of benzene rings is 1. The Morgan fingerprint density at radius 3 is 2.46 bits per heavy atom. The number of hydrogen-bond donors (Lipinski definition) is 0. The van der Waals surface area contributed by atoms with Gasteiger partial charge in [0.25, 0.3) is 10.0 Å². The number of imidazole rings is 1. The second kappa shape index (κ2) is 6.69. The molecule has 144 valence electrons. The fourth-order valence-electron chi connectivity index (χ4n) is 3.75. The molecule has 1 aromatic carbocycles. The van der Waals surface area contributed by atoms with Crippen molar-refractivity contribution in [2.24, 2.45) is 0 Å². The first-order valence-corrected chi connectivity index (χ1v) is 10.6. The maximum atomic E-state index is 13.0. The average molecular weight is 395 g/mol. The summed E-state index contributed by atoms with van der Waals surface area (Å²) in [5, 5.41) is 9.73. The van der Waals surface area contributed by atoms with E-state index in [0.717, 1.165) is 29.5 Å². The molecule has 1 fully saturated rings. The van der Waals surface area contributed by atoms with E-state index in [-0.39, 0.29) is 10.8 Å². The first kappa shape index (κ1) is 18.6. The summed E-state index contributed by atoms with van der Waals surface area (Å²) in [6.07, 6.45) is 3.21. The molecule has 3 aromatic rings. The minimum absolute atomic E-state index is 0.0256. The van der Waals surface area contributed by atoms with Crippen LogP contribution in [0, 0.1) is 32.1 Å². The Hall–Kier alpha value is -2.76. The molecule has 28 heavy (non-hydrogen) atoms. The maximum Gasteiger partial charge on any atom is 0.262 e. The van der Waals surface area contributed by atoms with Crippen LogP contribution in [-0.2, 0) is 10.0 Å². The minimum Gasteiger partial charge on any atom is -0.281 e. The Labute approximate surface area is 164 Å². The van der Waals surface area contributed by atoms with Gasteiger partial charge in [0.1, 0.15) is 6.07 Å². The van der Waals surface area contributed by atoms with E-state index in [2.05, 4.69) is 16.0 Å². The SMILES string of the molecule is Cc1ccc(-c2c(C#N)c(C)nc3nc(S(=O)(=O)N4CCCC4)cn23)c(C)c1. The fourth-order valence-corrected chi connectivity index (χ4v) is 5.19. The zero-order valence-electron chi connectivity index (χ0n) is 16.1. The molecule has 0 N–H and O–H groups in total. The van der Waals surface area contributed by atoms with Gasteiger partial charge in [-0.2, -0.15) is 14.6 Å². The van der Waals surface area contributed by atoms with Crippen LogP contribution in [0.5, 0.6) is 0 Å². The van der Waals surface area contributed by atoms with Gasteiger partial charge in [0.2, 0.25) is 5.78 Å². The Kier molecular flexibility index (Phi) is 4.44. The lowest BCUT2D eigenvalue weighted by Crippen LogP contribution is -2.28. The van der Waals surface area contributed by atoms with Gasteiger partial charge in [-0.25, -0.2) is 13.4 Å². The summed E-state index contributed by atoms with van der Waals surface area (Å²) in [4.78, 5) is 8.70. The molecule has 4 rings (SSSR count). The quantitative estimate of drug-likeness (QED) is 0.680. The van der Waals surface area contributed by atoms with E-state index >= 15 is 0 Å². The summed E-state index contributed by atoms with van der Waals surface area (Å²) in [5.74, 6) is 0.282. The predicted molar refractivity (Wildman–Crippen MR) is 105 cm³/mol. The highest BCUT2D eigenvalue weighted by atomic mass is 32.2. The molecule has 1 saturated heterocycles. The number of aryl methyl sites for hydroxylation is 3. The summed E-state index contributed by atoms with van der Waals surface area (Å²) in [6, 6.07) is 8.20. The van der Waals surface area contributed by atoms with Crippen molar-refractivity contribution >= 4 is 15.8 Å². The van der Waals surface area contributed by atoms with Crippen molar-refractivity contribution in [3.05, 3.63) is 46.8 Å². The lowest BCUT2D eigenvalue weighted by Gasteiger charge is -2.13. The Balaban J connectivity index is 2.01. The molecule has 0 spiro atoms. The number of nitriles is 1. The van der Waals surface area contributed by atoms with E-state index in [1.165, 1.54) is 10.5 Å². The van der Waals surface area contributed by atoms with Crippen molar-refractivity contribution < 1.29 is 8.42 Å². The number of sulfonamides is 1. The van der Waals surface area contributed by atoms with Crippen molar-refractivity contribution in [2.75, 3.05) is 13.1 Å². The molecule has 0 atom stereocenters. The van der Waals surface area contributed by atoms with Gasteiger partial charge in [0.15, 0.2) is 5.03 Å². The Morgan fingerprint density at radius 2 is 1.82 bits per heavy atom. The summed E-state index contributed by atoms with van der Waals surface area (Å²) in [6.45, 7) is 6.75. The number of nitrogens with zero attached hydrogens (tertiary/aromatic N) is 5. The molecule has 2 aromatic heterocycles. The molecule has 3 heterocycles. The molecular weight excluding hydrogens is 374 g/mol. The zero-order chi connectivity index (χ0) is 20.1. The van der Waals surface area contributed by atoms with Gasteiger partial charge in [-0.1, -0.05) is 23.8 Å². The van der Waals surface area contributed by atoms with E-state index in [0.29, 0.717) is 30.0 Å². The van der Waals surface area contributed by atoms with Crippen LogP contribution in [0.3, 0.4) is 0 Å². The van der Waals surface area contributed by atoms with Crippen molar-refractivity contribution in [2.45, 2.75) is 38.6 Å². The third-order valence-corrected chi connectivity index (χ3v) is 6.96. The maximum absolute atomic E-state index is 13.0. The molecule has 8 heteroatoms. The first-order chi connectivity index (χ1) is 13.3. The molecule has 0 amide bonds. The lowest BCUT2D eigenvalue weighted by atomic mass is 9.99. The van der Waals surface area contributed by atoms with Gasteiger partial charge >= 0.3 is 0 Å². The number of rotatable bonds is 3. The van der Waals surface area contributed by atoms with Crippen LogP contribution in [0.15, 0.2) is 29.4 Å². The largest absolute Gasteiger partial charge is 0.281 e. The Bertz CT molecular complexity index is 1230. The molecule has 0 radical (unpaired) electrons. The topological polar surface area (TPSA) is 91.4 Å². The van der Waals surface area contributed by atoms with E-state index in [1.54, 1.807) is 11.3 Å². The van der Waals surface area contributed by atoms with Crippen LogP contribution >= 0.6 is 0 Å². The summed E-state index contributed by atoms with van der Waals surface area (Å²) < 4.78 is 29.0. The number of fused-ring (bicyclic) bond motifs is 1. The van der Waals surface area contributed by atoms with Crippen molar-refractivity contribution in [1.82, 2.24) is 18.7 Å². The highest BCUT2D eigenvalue weighted by molar-refractivity contribution is 7.89. The van der Waals surface area contributed by atoms with Crippen molar-refractivity contribution in [3.63, 3.8) is 0 Å². The molecule has 0 aliphatic carbocycles. The second-order valence-electron chi connectivity index (χ2n) is 7.21. The van der Waals surface area contributed by atoms with Crippen molar-refractivity contribution in [1.29, 1.82) is 5.26 Å². The molecule has 0 unspecified atom stereocenters. The fraction of sp³-hybridized carbons (Fsp3) is 0.350. The highest BCUT2D eigenvalue weighted by Gasteiger charge is 2.30.